The average Bonchev–Trinajstić information content (AvgIpc) is 3.28. The largest absolute Gasteiger partial charge is 0.494 e. The summed E-state index contributed by atoms with van der Waals surface area (Å²) in [6.07, 6.45) is -2.58. The van der Waals surface area contributed by atoms with Crippen molar-refractivity contribution in [1.82, 2.24) is 0 Å². The van der Waals surface area contributed by atoms with Gasteiger partial charge in [0.25, 0.3) is 0 Å². The normalized spacial score (nSPS) is 20.2. The first-order valence-corrected chi connectivity index (χ1v) is 7.49. The first-order chi connectivity index (χ1) is 10.9. The van der Waals surface area contributed by atoms with Gasteiger partial charge < -0.3 is 14.2 Å². The lowest BCUT2D eigenvalue weighted by atomic mass is 10.0. The Morgan fingerprint density at radius 1 is 1.35 bits per heavy atom. The van der Waals surface area contributed by atoms with E-state index in [9.17, 15) is 18.0 Å². The van der Waals surface area contributed by atoms with Gasteiger partial charge in [-0.05, 0) is 44.4 Å². The number of epoxide rings is 1. The summed E-state index contributed by atoms with van der Waals surface area (Å²) in [6.45, 7) is 2.68. The molecule has 0 aliphatic carbocycles. The molecule has 0 amide bonds. The molecule has 0 saturated carbocycles. The minimum atomic E-state index is -4.38. The lowest BCUT2D eigenvalue weighted by molar-refractivity contribution is -0.149. The van der Waals surface area contributed by atoms with Crippen molar-refractivity contribution in [3.05, 3.63) is 29.8 Å². The maximum Gasteiger partial charge on any atom is 0.416 e. The van der Waals surface area contributed by atoms with Gasteiger partial charge in [-0.15, -0.1) is 0 Å². The molecule has 0 N–H and O–H groups in total. The highest BCUT2D eigenvalue weighted by Crippen LogP contribution is 2.34. The van der Waals surface area contributed by atoms with Crippen LogP contribution < -0.4 is 4.74 Å². The smallest absolute Gasteiger partial charge is 0.416 e. The van der Waals surface area contributed by atoms with E-state index < -0.39 is 17.3 Å². The summed E-state index contributed by atoms with van der Waals surface area (Å²) in [5.74, 6) is -0.165. The van der Waals surface area contributed by atoms with E-state index in [1.807, 2.05) is 0 Å². The number of rotatable bonds is 8. The van der Waals surface area contributed by atoms with Crippen LogP contribution in [-0.2, 0) is 20.4 Å². The van der Waals surface area contributed by atoms with E-state index in [0.29, 0.717) is 32.5 Å². The van der Waals surface area contributed by atoms with Gasteiger partial charge in [-0.1, -0.05) is 6.07 Å². The molecule has 1 aromatic carbocycles. The fraction of sp³-hybridized carbons (Fsp3) is 0.562. The molecule has 0 radical (unpaired) electrons. The summed E-state index contributed by atoms with van der Waals surface area (Å²) >= 11 is 0. The van der Waals surface area contributed by atoms with Gasteiger partial charge in [-0.25, -0.2) is 4.79 Å². The van der Waals surface area contributed by atoms with Crippen LogP contribution in [0.15, 0.2) is 24.3 Å². The number of hydrogen-bond acceptors (Lipinski definition) is 4. The SMILES string of the molecule is CCOC(=O)C1(CCCCOc2cccc(C(F)(F)F)c2)CO1. The van der Waals surface area contributed by atoms with E-state index in [0.717, 1.165) is 12.1 Å². The van der Waals surface area contributed by atoms with Crippen molar-refractivity contribution in [2.24, 2.45) is 0 Å². The van der Waals surface area contributed by atoms with Gasteiger partial charge >= 0.3 is 12.1 Å². The number of carbonyl (C=O) groups excluding carboxylic acids is 1. The summed E-state index contributed by atoms with van der Waals surface area (Å²) in [7, 11) is 0. The van der Waals surface area contributed by atoms with Crippen LogP contribution in [0, 0.1) is 0 Å². The monoisotopic (exact) mass is 332 g/mol. The first-order valence-electron chi connectivity index (χ1n) is 7.49. The topological polar surface area (TPSA) is 48.1 Å². The molecule has 7 heteroatoms. The van der Waals surface area contributed by atoms with Crippen LogP contribution in [0.2, 0.25) is 0 Å². The zero-order valence-electron chi connectivity index (χ0n) is 12.8. The molecule has 0 bridgehead atoms. The van der Waals surface area contributed by atoms with Crippen LogP contribution >= 0.6 is 0 Å². The van der Waals surface area contributed by atoms with Gasteiger partial charge in [-0.2, -0.15) is 13.2 Å². The lowest BCUT2D eigenvalue weighted by Crippen LogP contribution is -2.27. The Morgan fingerprint density at radius 2 is 2.09 bits per heavy atom. The predicted octanol–water partition coefficient (Wildman–Crippen LogP) is 3.59. The second-order valence-electron chi connectivity index (χ2n) is 5.33. The Morgan fingerprint density at radius 3 is 2.70 bits per heavy atom. The van der Waals surface area contributed by atoms with Crippen LogP contribution in [0.3, 0.4) is 0 Å². The number of benzene rings is 1. The van der Waals surface area contributed by atoms with E-state index in [1.54, 1.807) is 6.92 Å². The third-order valence-corrected chi connectivity index (χ3v) is 3.55. The molecule has 1 atom stereocenters. The fourth-order valence-electron chi connectivity index (χ4n) is 2.18. The number of unbranched alkanes of at least 4 members (excludes halogenated alkanes) is 1. The Hall–Kier alpha value is -1.76. The van der Waals surface area contributed by atoms with Gasteiger partial charge in [0.1, 0.15) is 5.75 Å². The average molecular weight is 332 g/mol. The highest BCUT2D eigenvalue weighted by atomic mass is 19.4. The molecule has 1 aromatic rings. The molecule has 1 fully saturated rings. The highest BCUT2D eigenvalue weighted by molar-refractivity contribution is 5.82. The fourth-order valence-corrected chi connectivity index (χ4v) is 2.18. The number of esters is 1. The van der Waals surface area contributed by atoms with Crippen molar-refractivity contribution in [3.8, 4) is 5.75 Å². The number of ether oxygens (including phenoxy) is 3. The first kappa shape index (κ1) is 17.6. The molecular formula is C16H19F3O4. The number of hydrogen-bond donors (Lipinski definition) is 0. The zero-order valence-corrected chi connectivity index (χ0v) is 12.8. The van der Waals surface area contributed by atoms with Gasteiger partial charge in [0.15, 0.2) is 5.60 Å². The summed E-state index contributed by atoms with van der Waals surface area (Å²) in [5.41, 5.74) is -1.55. The second-order valence-corrected chi connectivity index (χ2v) is 5.33. The van der Waals surface area contributed by atoms with E-state index in [2.05, 4.69) is 0 Å². The molecule has 1 aliphatic rings. The van der Waals surface area contributed by atoms with Crippen LogP contribution in [-0.4, -0.2) is 31.4 Å². The lowest BCUT2D eigenvalue weighted by Gasteiger charge is -2.12. The molecule has 1 saturated heterocycles. The molecule has 1 aliphatic heterocycles. The molecule has 1 heterocycles. The quantitative estimate of drug-likeness (QED) is 0.415. The summed E-state index contributed by atoms with van der Waals surface area (Å²) in [6, 6.07) is 4.77. The van der Waals surface area contributed by atoms with Crippen LogP contribution in [0.1, 0.15) is 31.7 Å². The Balaban J connectivity index is 1.71. The Bertz CT molecular complexity index is 538. The molecule has 0 spiro atoms. The van der Waals surface area contributed by atoms with Crippen molar-refractivity contribution >= 4 is 5.97 Å². The molecule has 4 nitrogen and oxygen atoms in total. The van der Waals surface area contributed by atoms with Crippen molar-refractivity contribution in [2.75, 3.05) is 19.8 Å². The second kappa shape index (κ2) is 7.21. The van der Waals surface area contributed by atoms with Gasteiger partial charge in [0, 0.05) is 0 Å². The van der Waals surface area contributed by atoms with Gasteiger partial charge in [-0.3, -0.25) is 0 Å². The van der Waals surface area contributed by atoms with Crippen LogP contribution in [0.5, 0.6) is 5.75 Å². The third kappa shape index (κ3) is 4.86. The number of alkyl halides is 3. The number of carbonyl (C=O) groups is 1. The van der Waals surface area contributed by atoms with Gasteiger partial charge in [0.05, 0.1) is 25.4 Å². The minimum Gasteiger partial charge on any atom is -0.494 e. The van der Waals surface area contributed by atoms with E-state index in [4.69, 9.17) is 14.2 Å². The molecule has 1 unspecified atom stereocenters. The molecule has 0 aromatic heterocycles. The Labute approximate surface area is 132 Å². The van der Waals surface area contributed by atoms with E-state index in [1.165, 1.54) is 12.1 Å². The molecular weight excluding hydrogens is 313 g/mol. The standard InChI is InChI=1S/C16H19F3O4/c1-2-21-14(20)15(11-23-15)8-3-4-9-22-13-7-5-6-12(10-13)16(17,18)19/h5-7,10H,2-4,8-9,11H2,1H3. The Kier molecular flexibility index (Phi) is 5.51. The predicted molar refractivity (Wildman–Crippen MR) is 76.1 cm³/mol. The summed E-state index contributed by atoms with van der Waals surface area (Å²) in [5, 5.41) is 0. The highest BCUT2D eigenvalue weighted by Gasteiger charge is 2.52. The third-order valence-electron chi connectivity index (χ3n) is 3.55. The van der Waals surface area contributed by atoms with Crippen molar-refractivity contribution < 1.29 is 32.2 Å². The van der Waals surface area contributed by atoms with Crippen LogP contribution in [0.4, 0.5) is 13.2 Å². The van der Waals surface area contributed by atoms with Crippen molar-refractivity contribution in [1.29, 1.82) is 0 Å². The van der Waals surface area contributed by atoms with E-state index in [-0.39, 0.29) is 18.3 Å². The van der Waals surface area contributed by atoms with Crippen LogP contribution in [0.25, 0.3) is 0 Å². The van der Waals surface area contributed by atoms with Gasteiger partial charge in [0.2, 0.25) is 0 Å². The maximum absolute atomic E-state index is 12.6. The minimum absolute atomic E-state index is 0.183. The zero-order chi connectivity index (χ0) is 16.9. The number of halogens is 3. The molecule has 23 heavy (non-hydrogen) atoms. The maximum atomic E-state index is 12.6. The van der Waals surface area contributed by atoms with Crippen molar-refractivity contribution in [3.63, 3.8) is 0 Å². The van der Waals surface area contributed by atoms with E-state index >= 15 is 0 Å². The summed E-state index contributed by atoms with van der Waals surface area (Å²) in [4.78, 5) is 11.7. The van der Waals surface area contributed by atoms with Crippen molar-refractivity contribution in [2.45, 2.75) is 38.0 Å². The molecule has 2 rings (SSSR count). The molecule has 128 valence electrons. The summed E-state index contributed by atoms with van der Waals surface area (Å²) < 4.78 is 53.2.